The van der Waals surface area contributed by atoms with Crippen molar-refractivity contribution in [3.8, 4) is 0 Å². The molecule has 0 unspecified atom stereocenters. The second-order valence-electron chi connectivity index (χ2n) is 5.71. The van der Waals surface area contributed by atoms with Crippen molar-refractivity contribution < 1.29 is 13.2 Å². The molecule has 1 heterocycles. The Morgan fingerprint density at radius 2 is 1.78 bits per heavy atom. The third kappa shape index (κ3) is 5.45. The molecule has 0 aliphatic rings. The minimum Gasteiger partial charge on any atom is -0.332 e. The van der Waals surface area contributed by atoms with Gasteiger partial charge in [-0.2, -0.15) is 18.3 Å². The summed E-state index contributed by atoms with van der Waals surface area (Å²) < 4.78 is 40.0. The molecule has 3 rings (SSSR count). The van der Waals surface area contributed by atoms with Crippen LogP contribution in [-0.2, 0) is 12.7 Å². The Morgan fingerprint density at radius 3 is 2.48 bits per heavy atom. The van der Waals surface area contributed by atoms with Gasteiger partial charge in [-0.25, -0.2) is 0 Å². The summed E-state index contributed by atoms with van der Waals surface area (Å²) in [5.41, 5.74) is 1.15. The molecular formula is C18H14ClF3N4S. The molecule has 0 spiro atoms. The van der Waals surface area contributed by atoms with E-state index in [0.717, 1.165) is 17.7 Å². The van der Waals surface area contributed by atoms with Crippen LogP contribution in [0.2, 0.25) is 5.02 Å². The van der Waals surface area contributed by atoms with Gasteiger partial charge in [0.25, 0.3) is 0 Å². The van der Waals surface area contributed by atoms with Crippen LogP contribution >= 0.6 is 23.8 Å². The molecule has 2 aromatic carbocycles. The van der Waals surface area contributed by atoms with Gasteiger partial charge in [0.2, 0.25) is 0 Å². The van der Waals surface area contributed by atoms with Gasteiger partial charge in [-0.05, 0) is 48.1 Å². The van der Waals surface area contributed by atoms with E-state index in [1.165, 1.54) is 12.1 Å². The van der Waals surface area contributed by atoms with Gasteiger partial charge in [0, 0.05) is 16.9 Å². The number of thiocarbonyl (C=S) groups is 1. The van der Waals surface area contributed by atoms with Crippen molar-refractivity contribution in [1.82, 2.24) is 9.78 Å². The van der Waals surface area contributed by atoms with Crippen molar-refractivity contribution in [3.05, 3.63) is 77.1 Å². The Balaban J connectivity index is 1.60. The summed E-state index contributed by atoms with van der Waals surface area (Å²) >= 11 is 11.0. The third-order valence-electron chi connectivity index (χ3n) is 3.60. The van der Waals surface area contributed by atoms with Crippen LogP contribution in [0.15, 0.2) is 60.9 Å². The number of nitrogens with zero attached hydrogens (tertiary/aromatic N) is 2. The van der Waals surface area contributed by atoms with Crippen molar-refractivity contribution in [1.29, 1.82) is 0 Å². The predicted octanol–water partition coefficient (Wildman–Crippen LogP) is 5.41. The van der Waals surface area contributed by atoms with Crippen LogP contribution in [-0.4, -0.2) is 14.9 Å². The SMILES string of the molecule is FC(F)(F)c1cccc(NC(=S)Nc2cnn(Cc3ccc(Cl)cc3)c2)c1. The van der Waals surface area contributed by atoms with Gasteiger partial charge in [0.1, 0.15) is 0 Å². The van der Waals surface area contributed by atoms with Gasteiger partial charge in [-0.15, -0.1) is 0 Å². The summed E-state index contributed by atoms with van der Waals surface area (Å²) in [6.07, 6.45) is -1.08. The first-order valence-electron chi connectivity index (χ1n) is 7.82. The molecule has 3 aromatic rings. The molecule has 1 aromatic heterocycles. The zero-order chi connectivity index (χ0) is 19.4. The van der Waals surface area contributed by atoms with Gasteiger partial charge in [0.15, 0.2) is 5.11 Å². The Labute approximate surface area is 164 Å². The average molecular weight is 411 g/mol. The maximum absolute atomic E-state index is 12.8. The van der Waals surface area contributed by atoms with Crippen molar-refractivity contribution in [2.24, 2.45) is 0 Å². The lowest BCUT2D eigenvalue weighted by molar-refractivity contribution is -0.137. The van der Waals surface area contributed by atoms with Crippen LogP contribution in [0.5, 0.6) is 0 Å². The highest BCUT2D eigenvalue weighted by Gasteiger charge is 2.30. The smallest absolute Gasteiger partial charge is 0.332 e. The topological polar surface area (TPSA) is 41.9 Å². The summed E-state index contributed by atoms with van der Waals surface area (Å²) in [6, 6.07) is 12.2. The molecule has 0 bridgehead atoms. The highest BCUT2D eigenvalue weighted by atomic mass is 35.5. The number of benzene rings is 2. The highest BCUT2D eigenvalue weighted by Crippen LogP contribution is 2.30. The van der Waals surface area contributed by atoms with Crippen LogP contribution in [0, 0.1) is 0 Å². The minimum atomic E-state index is -4.41. The zero-order valence-electron chi connectivity index (χ0n) is 13.8. The van der Waals surface area contributed by atoms with Gasteiger partial charge < -0.3 is 10.6 Å². The van der Waals surface area contributed by atoms with E-state index in [0.29, 0.717) is 17.3 Å². The quantitative estimate of drug-likeness (QED) is 0.564. The molecule has 0 saturated heterocycles. The van der Waals surface area contributed by atoms with E-state index in [1.54, 1.807) is 29.2 Å². The van der Waals surface area contributed by atoms with E-state index < -0.39 is 11.7 Å². The molecule has 0 radical (unpaired) electrons. The fourth-order valence-electron chi connectivity index (χ4n) is 2.36. The summed E-state index contributed by atoms with van der Waals surface area (Å²) in [5, 5.41) is 10.7. The number of hydrogen-bond acceptors (Lipinski definition) is 2. The maximum Gasteiger partial charge on any atom is 0.416 e. The van der Waals surface area contributed by atoms with E-state index in [-0.39, 0.29) is 10.8 Å². The van der Waals surface area contributed by atoms with Crippen molar-refractivity contribution in [2.75, 3.05) is 10.6 Å². The van der Waals surface area contributed by atoms with Gasteiger partial charge in [0.05, 0.1) is 24.0 Å². The van der Waals surface area contributed by atoms with Gasteiger partial charge >= 0.3 is 6.18 Å². The number of rotatable bonds is 4. The molecule has 4 nitrogen and oxygen atoms in total. The van der Waals surface area contributed by atoms with Crippen molar-refractivity contribution in [3.63, 3.8) is 0 Å². The Hall–Kier alpha value is -2.58. The van der Waals surface area contributed by atoms with Crippen molar-refractivity contribution in [2.45, 2.75) is 12.7 Å². The minimum absolute atomic E-state index is 0.167. The lowest BCUT2D eigenvalue weighted by atomic mass is 10.2. The summed E-state index contributed by atoms with van der Waals surface area (Å²) in [6.45, 7) is 0.548. The molecule has 2 N–H and O–H groups in total. The number of hydrogen-bond donors (Lipinski definition) is 2. The second-order valence-corrected chi connectivity index (χ2v) is 6.56. The molecule has 0 amide bonds. The number of alkyl halides is 3. The summed E-state index contributed by atoms with van der Waals surface area (Å²) in [4.78, 5) is 0. The van der Waals surface area contributed by atoms with Crippen LogP contribution < -0.4 is 10.6 Å². The first-order chi connectivity index (χ1) is 12.8. The molecule has 0 aliphatic carbocycles. The molecule has 140 valence electrons. The van der Waals surface area contributed by atoms with Crippen LogP contribution in [0.25, 0.3) is 0 Å². The average Bonchev–Trinajstić information content (AvgIpc) is 3.03. The summed E-state index contributed by atoms with van der Waals surface area (Å²) in [5.74, 6) is 0. The Morgan fingerprint density at radius 1 is 1.07 bits per heavy atom. The molecule has 0 fully saturated rings. The van der Waals surface area contributed by atoms with Gasteiger partial charge in [-0.1, -0.05) is 29.8 Å². The first-order valence-corrected chi connectivity index (χ1v) is 8.60. The molecule has 27 heavy (non-hydrogen) atoms. The molecule has 9 heteroatoms. The normalized spacial score (nSPS) is 11.3. The van der Waals surface area contributed by atoms with E-state index >= 15 is 0 Å². The van der Waals surface area contributed by atoms with Crippen molar-refractivity contribution >= 4 is 40.3 Å². The summed E-state index contributed by atoms with van der Waals surface area (Å²) in [7, 11) is 0. The number of aromatic nitrogens is 2. The Bertz CT molecular complexity index is 938. The molecule has 0 atom stereocenters. The molecular weight excluding hydrogens is 397 g/mol. The van der Waals surface area contributed by atoms with Crippen LogP contribution in [0.3, 0.4) is 0 Å². The fraction of sp³-hybridized carbons (Fsp3) is 0.111. The first kappa shape index (κ1) is 19.2. The number of anilines is 2. The monoisotopic (exact) mass is 410 g/mol. The van der Waals surface area contributed by atoms with Gasteiger partial charge in [-0.3, -0.25) is 4.68 Å². The van der Waals surface area contributed by atoms with E-state index in [4.69, 9.17) is 23.8 Å². The van der Waals surface area contributed by atoms with E-state index in [1.807, 2.05) is 12.1 Å². The molecule has 0 saturated carbocycles. The maximum atomic E-state index is 12.8. The number of nitrogens with one attached hydrogen (secondary N) is 2. The van der Waals surface area contributed by atoms with E-state index in [2.05, 4.69) is 15.7 Å². The largest absolute Gasteiger partial charge is 0.416 e. The lowest BCUT2D eigenvalue weighted by Gasteiger charge is -2.11. The highest BCUT2D eigenvalue weighted by molar-refractivity contribution is 7.80. The second kappa shape index (κ2) is 7.98. The zero-order valence-corrected chi connectivity index (χ0v) is 15.4. The fourth-order valence-corrected chi connectivity index (χ4v) is 2.72. The predicted molar refractivity (Wildman–Crippen MR) is 104 cm³/mol. The lowest BCUT2D eigenvalue weighted by Crippen LogP contribution is -2.19. The van der Waals surface area contributed by atoms with E-state index in [9.17, 15) is 13.2 Å². The molecule has 0 aliphatic heterocycles. The standard InChI is InChI=1S/C18H14ClF3N4S/c19-14-6-4-12(5-7-14)10-26-11-16(9-23-26)25-17(27)24-15-3-1-2-13(8-15)18(20,21)22/h1-9,11H,10H2,(H2,24,25,27). The van der Waals surface area contributed by atoms with Crippen LogP contribution in [0.4, 0.5) is 24.5 Å². The third-order valence-corrected chi connectivity index (χ3v) is 4.05. The van der Waals surface area contributed by atoms with Crippen LogP contribution in [0.1, 0.15) is 11.1 Å². The number of halogens is 4. The Kier molecular flexibility index (Phi) is 5.67.